The summed E-state index contributed by atoms with van der Waals surface area (Å²) in [7, 11) is 0. The van der Waals surface area contributed by atoms with Crippen molar-refractivity contribution in [3.8, 4) is 0 Å². The fourth-order valence-electron chi connectivity index (χ4n) is 3.67. The second kappa shape index (κ2) is 5.33. The van der Waals surface area contributed by atoms with Crippen LogP contribution >= 0.6 is 0 Å². The highest BCUT2D eigenvalue weighted by Crippen LogP contribution is 2.44. The number of carbonyl (C=O) groups excluding carboxylic acids is 1. The molecule has 2 bridgehead atoms. The first-order valence-electron chi connectivity index (χ1n) is 7.48. The number of benzene rings is 1. The van der Waals surface area contributed by atoms with Crippen molar-refractivity contribution in [2.24, 2.45) is 0 Å². The van der Waals surface area contributed by atoms with E-state index in [9.17, 15) is 9.00 Å². The summed E-state index contributed by atoms with van der Waals surface area (Å²) in [5.74, 6) is 0. The molecule has 1 unspecified atom stereocenters. The van der Waals surface area contributed by atoms with Crippen LogP contribution in [0.15, 0.2) is 30.3 Å². The molecule has 22 heavy (non-hydrogen) atoms. The first kappa shape index (κ1) is 14.2. The van der Waals surface area contributed by atoms with Crippen LogP contribution in [0.25, 0.3) is 0 Å². The first-order valence-corrected chi connectivity index (χ1v) is 8.51. The molecule has 118 valence electrons. The van der Waals surface area contributed by atoms with Crippen molar-refractivity contribution < 1.29 is 17.9 Å². The molecule has 3 fully saturated rings. The third kappa shape index (κ3) is 2.24. The Morgan fingerprint density at radius 1 is 1.41 bits per heavy atom. The van der Waals surface area contributed by atoms with E-state index in [4.69, 9.17) is 8.92 Å². The molecule has 4 rings (SSSR count). The average Bonchev–Trinajstić information content (AvgIpc) is 2.99. The highest BCUT2D eigenvalue weighted by molar-refractivity contribution is 7.78. The van der Waals surface area contributed by atoms with E-state index in [1.807, 2.05) is 34.6 Å². The molecular formula is C15H18N2O4S. The van der Waals surface area contributed by atoms with Gasteiger partial charge in [0.2, 0.25) is 11.3 Å². The molecule has 6 nitrogen and oxygen atoms in total. The van der Waals surface area contributed by atoms with Crippen LogP contribution < -0.4 is 0 Å². The molecule has 3 aliphatic heterocycles. The van der Waals surface area contributed by atoms with Crippen molar-refractivity contribution in [1.82, 2.24) is 9.21 Å². The molecule has 1 aromatic rings. The van der Waals surface area contributed by atoms with E-state index in [1.54, 1.807) is 4.90 Å². The zero-order valence-electron chi connectivity index (χ0n) is 12.1. The lowest BCUT2D eigenvalue weighted by atomic mass is 9.98. The quantitative estimate of drug-likeness (QED) is 0.827. The number of ether oxygens (including phenoxy) is 1. The van der Waals surface area contributed by atoms with Crippen molar-refractivity contribution in [2.45, 2.75) is 31.0 Å². The minimum atomic E-state index is -1.35. The van der Waals surface area contributed by atoms with Crippen LogP contribution in [0.3, 0.4) is 0 Å². The third-order valence-corrected chi connectivity index (χ3v) is 6.04. The Kier molecular flexibility index (Phi) is 3.43. The van der Waals surface area contributed by atoms with Crippen LogP contribution in [0.1, 0.15) is 18.4 Å². The number of hydrogen-bond donors (Lipinski definition) is 0. The molecule has 1 aromatic carbocycles. The van der Waals surface area contributed by atoms with E-state index in [0.717, 1.165) is 18.4 Å². The fraction of sp³-hybridized carbons (Fsp3) is 0.533. The largest absolute Gasteiger partial charge is 0.445 e. The van der Waals surface area contributed by atoms with Gasteiger partial charge in [-0.05, 0) is 18.4 Å². The summed E-state index contributed by atoms with van der Waals surface area (Å²) in [5, 5.41) is 0. The Morgan fingerprint density at radius 2 is 2.23 bits per heavy atom. The van der Waals surface area contributed by atoms with Gasteiger partial charge in [-0.15, -0.1) is 0 Å². The van der Waals surface area contributed by atoms with Gasteiger partial charge >= 0.3 is 6.09 Å². The highest BCUT2D eigenvalue weighted by atomic mass is 32.2. The van der Waals surface area contributed by atoms with E-state index in [1.165, 1.54) is 0 Å². The average molecular weight is 322 g/mol. The Hall–Kier alpha value is -1.44. The zero-order chi connectivity index (χ0) is 15.2. The minimum Gasteiger partial charge on any atom is -0.445 e. The predicted octanol–water partition coefficient (Wildman–Crippen LogP) is 1.45. The predicted molar refractivity (Wildman–Crippen MR) is 79.9 cm³/mol. The Labute approximate surface area is 131 Å². The standard InChI is InChI=1S/C15H18N2O4S/c18-14(20-9-12-4-2-1-3-5-12)16-8-13-6-7-15(10-16)11-21-22(19)17(13)15/h1-5,13H,6-11H2/t13-,15+,22?/m0/s1. The van der Waals surface area contributed by atoms with Crippen LogP contribution in [0.4, 0.5) is 4.79 Å². The van der Waals surface area contributed by atoms with Crippen LogP contribution in [-0.2, 0) is 26.8 Å². The lowest BCUT2D eigenvalue weighted by Crippen LogP contribution is -2.60. The van der Waals surface area contributed by atoms with Crippen molar-refractivity contribution in [3.63, 3.8) is 0 Å². The molecule has 3 heterocycles. The molecule has 7 heteroatoms. The van der Waals surface area contributed by atoms with Gasteiger partial charge in [-0.3, -0.25) is 4.18 Å². The maximum Gasteiger partial charge on any atom is 0.410 e. The molecule has 0 radical (unpaired) electrons. The molecule has 0 aromatic heterocycles. The number of hydrogen-bond acceptors (Lipinski definition) is 4. The van der Waals surface area contributed by atoms with Crippen LogP contribution in [-0.4, -0.2) is 50.8 Å². The lowest BCUT2D eigenvalue weighted by Gasteiger charge is -2.41. The second-order valence-electron chi connectivity index (χ2n) is 6.14. The van der Waals surface area contributed by atoms with Gasteiger partial charge in [0.15, 0.2) is 0 Å². The Bertz CT molecular complexity index is 611. The van der Waals surface area contributed by atoms with Gasteiger partial charge in [0.1, 0.15) is 6.61 Å². The van der Waals surface area contributed by atoms with Crippen LogP contribution in [0.2, 0.25) is 0 Å². The van der Waals surface area contributed by atoms with Crippen molar-refractivity contribution in [2.75, 3.05) is 19.7 Å². The van der Waals surface area contributed by atoms with Crippen LogP contribution in [0, 0.1) is 0 Å². The Balaban J connectivity index is 1.42. The molecule has 3 saturated heterocycles. The fourth-order valence-corrected chi connectivity index (χ4v) is 5.03. The molecular weight excluding hydrogens is 304 g/mol. The molecule has 0 N–H and O–H groups in total. The number of rotatable bonds is 2. The summed E-state index contributed by atoms with van der Waals surface area (Å²) in [4.78, 5) is 14.1. The number of piperazine rings is 1. The summed E-state index contributed by atoms with van der Waals surface area (Å²) in [6.07, 6.45) is 1.58. The van der Waals surface area contributed by atoms with E-state index in [-0.39, 0.29) is 24.3 Å². The van der Waals surface area contributed by atoms with Crippen molar-refractivity contribution in [1.29, 1.82) is 0 Å². The van der Waals surface area contributed by atoms with Crippen LogP contribution in [0.5, 0.6) is 0 Å². The van der Waals surface area contributed by atoms with Gasteiger partial charge < -0.3 is 9.64 Å². The van der Waals surface area contributed by atoms with Gasteiger partial charge in [0.05, 0.1) is 12.1 Å². The Morgan fingerprint density at radius 3 is 3.05 bits per heavy atom. The van der Waals surface area contributed by atoms with E-state index in [0.29, 0.717) is 19.7 Å². The van der Waals surface area contributed by atoms with Gasteiger partial charge in [-0.25, -0.2) is 9.00 Å². The maximum absolute atomic E-state index is 12.3. The third-order valence-electron chi connectivity index (χ3n) is 4.71. The molecule has 0 aliphatic carbocycles. The monoisotopic (exact) mass is 322 g/mol. The SMILES string of the molecule is O=C(OCc1ccccc1)N1C[C@@H]2CC[C@]3(COS(=O)N23)C1. The van der Waals surface area contributed by atoms with Gasteiger partial charge in [0, 0.05) is 19.1 Å². The summed E-state index contributed by atoms with van der Waals surface area (Å²) in [6, 6.07) is 9.75. The molecule has 0 spiro atoms. The lowest BCUT2D eigenvalue weighted by molar-refractivity contribution is 0.0430. The summed E-state index contributed by atoms with van der Waals surface area (Å²) >= 11 is -1.35. The smallest absolute Gasteiger partial charge is 0.410 e. The highest BCUT2D eigenvalue weighted by Gasteiger charge is 2.59. The molecule has 0 saturated carbocycles. The van der Waals surface area contributed by atoms with Crippen molar-refractivity contribution >= 4 is 17.4 Å². The molecule has 3 aliphatic rings. The second-order valence-corrected chi connectivity index (χ2v) is 7.21. The molecule has 1 amide bonds. The first-order chi connectivity index (χ1) is 10.7. The summed E-state index contributed by atoms with van der Waals surface area (Å²) in [6.45, 7) is 1.80. The van der Waals surface area contributed by atoms with Crippen molar-refractivity contribution in [3.05, 3.63) is 35.9 Å². The number of likely N-dealkylation sites (tertiary alicyclic amines) is 1. The summed E-state index contributed by atoms with van der Waals surface area (Å²) < 4.78 is 24.6. The number of carbonyl (C=O) groups is 1. The zero-order valence-corrected chi connectivity index (χ0v) is 13.0. The molecule has 3 atom stereocenters. The topological polar surface area (TPSA) is 59.1 Å². The van der Waals surface area contributed by atoms with Gasteiger partial charge in [-0.1, -0.05) is 30.3 Å². The maximum atomic E-state index is 12.3. The summed E-state index contributed by atoms with van der Waals surface area (Å²) in [5.41, 5.74) is 0.695. The van der Waals surface area contributed by atoms with E-state index in [2.05, 4.69) is 0 Å². The number of nitrogens with zero attached hydrogens (tertiary/aromatic N) is 2. The van der Waals surface area contributed by atoms with Gasteiger partial charge in [0.25, 0.3) is 0 Å². The van der Waals surface area contributed by atoms with E-state index < -0.39 is 11.3 Å². The van der Waals surface area contributed by atoms with E-state index >= 15 is 0 Å². The minimum absolute atomic E-state index is 0.112. The normalized spacial score (nSPS) is 33.7. The number of amides is 1. The van der Waals surface area contributed by atoms with Gasteiger partial charge in [-0.2, -0.15) is 4.31 Å².